The fourth-order valence-electron chi connectivity index (χ4n) is 2.59. The predicted octanol–water partition coefficient (Wildman–Crippen LogP) is 3.07. The lowest BCUT2D eigenvalue weighted by atomic mass is 9.93. The van der Waals surface area contributed by atoms with Gasteiger partial charge in [-0.2, -0.15) is 0 Å². The zero-order valence-corrected chi connectivity index (χ0v) is 9.71. The van der Waals surface area contributed by atoms with Gasteiger partial charge in [-0.25, -0.2) is 0 Å². The molecular weight excluding hydrogens is 188 g/mol. The molecule has 0 aromatic heterocycles. The maximum absolute atomic E-state index is 5.84. The van der Waals surface area contributed by atoms with Crippen LogP contribution in [0.25, 0.3) is 0 Å². The first-order valence-electron chi connectivity index (χ1n) is 6.31. The van der Waals surface area contributed by atoms with Crippen molar-refractivity contribution in [1.82, 2.24) is 0 Å². The van der Waals surface area contributed by atoms with Crippen LogP contribution in [0.2, 0.25) is 0 Å². The largest absolute Gasteiger partial charge is 0.374 e. The monoisotopic (exact) mass is 210 g/mol. The van der Waals surface area contributed by atoms with E-state index >= 15 is 0 Å². The van der Waals surface area contributed by atoms with Gasteiger partial charge in [0.1, 0.15) is 0 Å². The molecule has 2 rings (SSSR count). The van der Waals surface area contributed by atoms with E-state index in [9.17, 15) is 0 Å². The zero-order chi connectivity index (χ0) is 10.5. The zero-order valence-electron chi connectivity index (χ0n) is 9.71. The molecule has 2 saturated heterocycles. The van der Waals surface area contributed by atoms with E-state index in [0.717, 1.165) is 13.2 Å². The molecule has 2 aliphatic heterocycles. The topological polar surface area (TPSA) is 18.5 Å². The third kappa shape index (κ3) is 2.82. The number of hydrogen-bond donors (Lipinski definition) is 0. The van der Waals surface area contributed by atoms with Crippen molar-refractivity contribution in [2.45, 2.75) is 57.7 Å². The van der Waals surface area contributed by atoms with Gasteiger partial charge >= 0.3 is 0 Å². The van der Waals surface area contributed by atoms with Crippen LogP contribution in [0.1, 0.15) is 45.4 Å². The number of rotatable bonds is 2. The second kappa shape index (κ2) is 5.66. The highest BCUT2D eigenvalue weighted by molar-refractivity contribution is 5.14. The second-order valence-corrected chi connectivity index (χ2v) is 4.50. The highest BCUT2D eigenvalue weighted by atomic mass is 16.5. The minimum Gasteiger partial charge on any atom is -0.374 e. The van der Waals surface area contributed by atoms with Crippen molar-refractivity contribution in [3.63, 3.8) is 0 Å². The lowest BCUT2D eigenvalue weighted by molar-refractivity contribution is -0.00902. The molecular formula is C13H22O2. The molecule has 0 aromatic rings. The van der Waals surface area contributed by atoms with Gasteiger partial charge in [-0.3, -0.25) is 0 Å². The lowest BCUT2D eigenvalue weighted by Gasteiger charge is -2.32. The van der Waals surface area contributed by atoms with Gasteiger partial charge in [0.05, 0.1) is 12.2 Å². The first-order valence-corrected chi connectivity index (χ1v) is 6.31. The van der Waals surface area contributed by atoms with Crippen molar-refractivity contribution in [3.8, 4) is 0 Å². The fourth-order valence-corrected chi connectivity index (χ4v) is 2.59. The van der Waals surface area contributed by atoms with Crippen LogP contribution >= 0.6 is 0 Å². The molecule has 2 heteroatoms. The summed E-state index contributed by atoms with van der Waals surface area (Å²) in [4.78, 5) is 0. The van der Waals surface area contributed by atoms with E-state index in [1.165, 1.54) is 44.1 Å². The Hall–Kier alpha value is -0.340. The average molecular weight is 210 g/mol. The molecule has 15 heavy (non-hydrogen) atoms. The van der Waals surface area contributed by atoms with Gasteiger partial charge in [-0.1, -0.05) is 6.08 Å². The molecule has 2 atom stereocenters. The second-order valence-electron chi connectivity index (χ2n) is 4.50. The summed E-state index contributed by atoms with van der Waals surface area (Å²) >= 11 is 0. The Labute approximate surface area is 92.6 Å². The van der Waals surface area contributed by atoms with E-state index in [0.29, 0.717) is 12.2 Å². The summed E-state index contributed by atoms with van der Waals surface area (Å²) in [6.07, 6.45) is 10.3. The first kappa shape index (κ1) is 11.2. The van der Waals surface area contributed by atoms with Gasteiger partial charge < -0.3 is 9.47 Å². The van der Waals surface area contributed by atoms with Crippen LogP contribution in [0.5, 0.6) is 0 Å². The maximum Gasteiger partial charge on any atom is 0.0809 e. The SMILES string of the molecule is CC=C(C1CCCCO1)C1CCCCO1. The summed E-state index contributed by atoms with van der Waals surface area (Å²) in [5.41, 5.74) is 1.40. The van der Waals surface area contributed by atoms with Crippen LogP contribution in [0.3, 0.4) is 0 Å². The van der Waals surface area contributed by atoms with Crippen LogP contribution in [-0.2, 0) is 9.47 Å². The smallest absolute Gasteiger partial charge is 0.0809 e. The third-order valence-electron chi connectivity index (χ3n) is 3.44. The number of allylic oxidation sites excluding steroid dienone is 1. The van der Waals surface area contributed by atoms with Crippen molar-refractivity contribution >= 4 is 0 Å². The van der Waals surface area contributed by atoms with Crippen molar-refractivity contribution in [1.29, 1.82) is 0 Å². The van der Waals surface area contributed by atoms with Gasteiger partial charge in [0, 0.05) is 13.2 Å². The summed E-state index contributed by atoms with van der Waals surface area (Å²) in [5, 5.41) is 0. The molecule has 0 radical (unpaired) electrons. The first-order chi connectivity index (χ1) is 7.42. The molecule has 0 spiro atoms. The molecule has 0 N–H and O–H groups in total. The molecule has 0 aromatic carbocycles. The van der Waals surface area contributed by atoms with Gasteiger partial charge in [0.2, 0.25) is 0 Å². The number of hydrogen-bond acceptors (Lipinski definition) is 2. The number of ether oxygens (including phenoxy) is 2. The Morgan fingerprint density at radius 2 is 1.47 bits per heavy atom. The normalized spacial score (nSPS) is 32.3. The molecule has 0 saturated carbocycles. The Morgan fingerprint density at radius 1 is 0.933 bits per heavy atom. The third-order valence-corrected chi connectivity index (χ3v) is 3.44. The van der Waals surface area contributed by atoms with Crippen LogP contribution < -0.4 is 0 Å². The standard InChI is InChI=1S/C13H22O2/c1-2-11(12-7-3-5-9-14-12)13-8-4-6-10-15-13/h2,12-13H,3-10H2,1H3. The Morgan fingerprint density at radius 3 is 1.80 bits per heavy atom. The Kier molecular flexibility index (Phi) is 4.21. The highest BCUT2D eigenvalue weighted by Gasteiger charge is 2.26. The van der Waals surface area contributed by atoms with Gasteiger partial charge in [-0.15, -0.1) is 0 Å². The lowest BCUT2D eigenvalue weighted by Crippen LogP contribution is -2.31. The summed E-state index contributed by atoms with van der Waals surface area (Å²) in [5.74, 6) is 0. The van der Waals surface area contributed by atoms with Crippen molar-refractivity contribution in [2.24, 2.45) is 0 Å². The van der Waals surface area contributed by atoms with Crippen LogP contribution in [0, 0.1) is 0 Å². The quantitative estimate of drug-likeness (QED) is 0.652. The predicted molar refractivity (Wildman–Crippen MR) is 60.9 cm³/mol. The van der Waals surface area contributed by atoms with Crippen LogP contribution in [-0.4, -0.2) is 25.4 Å². The maximum atomic E-state index is 5.84. The molecule has 2 fully saturated rings. The van der Waals surface area contributed by atoms with Crippen molar-refractivity contribution in [2.75, 3.05) is 13.2 Å². The molecule has 2 aliphatic rings. The average Bonchev–Trinajstić information content (AvgIpc) is 2.33. The van der Waals surface area contributed by atoms with Crippen LogP contribution in [0.15, 0.2) is 11.6 Å². The minimum atomic E-state index is 0.340. The Balaban J connectivity index is 1.95. The van der Waals surface area contributed by atoms with E-state index in [-0.39, 0.29) is 0 Å². The molecule has 2 heterocycles. The molecule has 0 amide bonds. The summed E-state index contributed by atoms with van der Waals surface area (Å²) in [6, 6.07) is 0. The minimum absolute atomic E-state index is 0.340. The van der Waals surface area contributed by atoms with E-state index in [1.807, 2.05) is 0 Å². The van der Waals surface area contributed by atoms with Gasteiger partial charge in [-0.05, 0) is 51.0 Å². The molecule has 2 unspecified atom stereocenters. The van der Waals surface area contributed by atoms with E-state index in [2.05, 4.69) is 13.0 Å². The summed E-state index contributed by atoms with van der Waals surface area (Å²) in [7, 11) is 0. The van der Waals surface area contributed by atoms with E-state index < -0.39 is 0 Å². The summed E-state index contributed by atoms with van der Waals surface area (Å²) in [6.45, 7) is 3.97. The van der Waals surface area contributed by atoms with E-state index in [4.69, 9.17) is 9.47 Å². The highest BCUT2D eigenvalue weighted by Crippen LogP contribution is 2.28. The Bertz CT molecular complexity index is 191. The van der Waals surface area contributed by atoms with Crippen molar-refractivity contribution in [3.05, 3.63) is 11.6 Å². The van der Waals surface area contributed by atoms with E-state index in [1.54, 1.807) is 0 Å². The van der Waals surface area contributed by atoms with Crippen LogP contribution in [0.4, 0.5) is 0 Å². The summed E-state index contributed by atoms with van der Waals surface area (Å²) < 4.78 is 11.7. The molecule has 0 bridgehead atoms. The van der Waals surface area contributed by atoms with Gasteiger partial charge in [0.25, 0.3) is 0 Å². The fraction of sp³-hybridized carbons (Fsp3) is 0.846. The van der Waals surface area contributed by atoms with Crippen molar-refractivity contribution < 1.29 is 9.47 Å². The molecule has 2 nitrogen and oxygen atoms in total. The van der Waals surface area contributed by atoms with Gasteiger partial charge in [0.15, 0.2) is 0 Å². The molecule has 86 valence electrons. The molecule has 0 aliphatic carbocycles.